The van der Waals surface area contributed by atoms with Crippen LogP contribution in [0.3, 0.4) is 0 Å². The quantitative estimate of drug-likeness (QED) is 0.768. The summed E-state index contributed by atoms with van der Waals surface area (Å²) in [5, 5.41) is 0. The van der Waals surface area contributed by atoms with Gasteiger partial charge in [-0.25, -0.2) is 4.98 Å². The second-order valence-corrected chi connectivity index (χ2v) is 4.01. The maximum atomic E-state index is 4.42. The van der Waals surface area contributed by atoms with Crippen LogP contribution in [0, 0.1) is 13.8 Å². The average molecular weight is 203 g/mol. The van der Waals surface area contributed by atoms with E-state index < -0.39 is 0 Å². The summed E-state index contributed by atoms with van der Waals surface area (Å²) in [5.41, 5.74) is 4.35. The zero-order valence-corrected chi connectivity index (χ0v) is 9.62. The van der Waals surface area contributed by atoms with Crippen LogP contribution >= 0.6 is 0 Å². The van der Waals surface area contributed by atoms with Crippen LogP contribution in [-0.2, 0) is 6.54 Å². The summed E-state index contributed by atoms with van der Waals surface area (Å²) in [4.78, 5) is 8.83. The monoisotopic (exact) mass is 203 g/mol. The predicted molar refractivity (Wildman–Crippen MR) is 61.9 cm³/mol. The van der Waals surface area contributed by atoms with Gasteiger partial charge in [0.05, 0.1) is 17.5 Å². The van der Waals surface area contributed by atoms with Gasteiger partial charge >= 0.3 is 0 Å². The van der Waals surface area contributed by atoms with Gasteiger partial charge in [-0.15, -0.1) is 0 Å². The van der Waals surface area contributed by atoms with E-state index in [-0.39, 0.29) is 0 Å². The van der Waals surface area contributed by atoms with Crippen molar-refractivity contribution in [2.45, 2.75) is 40.2 Å². The van der Waals surface area contributed by atoms with Crippen molar-refractivity contribution in [3.8, 4) is 0 Å². The molecule has 0 aliphatic heterocycles. The zero-order chi connectivity index (χ0) is 10.8. The molecule has 2 heterocycles. The van der Waals surface area contributed by atoms with Crippen LogP contribution in [0.15, 0.2) is 12.4 Å². The highest BCUT2D eigenvalue weighted by molar-refractivity contribution is 5.77. The van der Waals surface area contributed by atoms with E-state index in [1.807, 2.05) is 20.2 Å². The molecule has 0 saturated heterocycles. The molecular formula is C12H17N3. The minimum atomic E-state index is 1.03. The highest BCUT2D eigenvalue weighted by Gasteiger charge is 2.06. The fourth-order valence-electron chi connectivity index (χ4n) is 1.88. The van der Waals surface area contributed by atoms with Crippen molar-refractivity contribution in [1.29, 1.82) is 0 Å². The van der Waals surface area contributed by atoms with E-state index in [2.05, 4.69) is 27.5 Å². The number of imidazole rings is 1. The van der Waals surface area contributed by atoms with Crippen molar-refractivity contribution in [2.75, 3.05) is 0 Å². The molecular weight excluding hydrogens is 186 g/mol. The lowest BCUT2D eigenvalue weighted by atomic mass is 10.2. The number of pyridine rings is 1. The molecule has 0 amide bonds. The molecule has 2 aromatic rings. The summed E-state index contributed by atoms with van der Waals surface area (Å²) in [7, 11) is 0. The van der Waals surface area contributed by atoms with Gasteiger partial charge < -0.3 is 4.57 Å². The number of hydrogen-bond donors (Lipinski definition) is 0. The van der Waals surface area contributed by atoms with Crippen LogP contribution in [0.2, 0.25) is 0 Å². The van der Waals surface area contributed by atoms with Crippen LogP contribution in [0.5, 0.6) is 0 Å². The third kappa shape index (κ3) is 1.87. The first-order valence-corrected chi connectivity index (χ1v) is 5.51. The van der Waals surface area contributed by atoms with Crippen molar-refractivity contribution < 1.29 is 0 Å². The molecule has 3 nitrogen and oxygen atoms in total. The second-order valence-electron chi connectivity index (χ2n) is 4.01. The van der Waals surface area contributed by atoms with Gasteiger partial charge in [0, 0.05) is 12.2 Å². The molecule has 0 unspecified atom stereocenters. The van der Waals surface area contributed by atoms with Gasteiger partial charge in [-0.2, -0.15) is 0 Å². The smallest absolute Gasteiger partial charge is 0.110 e. The van der Waals surface area contributed by atoms with Crippen molar-refractivity contribution in [1.82, 2.24) is 14.5 Å². The number of unbranched alkanes of at least 4 members (excludes halogenated alkanes) is 1. The van der Waals surface area contributed by atoms with Crippen LogP contribution in [0.25, 0.3) is 11.0 Å². The summed E-state index contributed by atoms with van der Waals surface area (Å²) in [5.74, 6) is 0. The Labute approximate surface area is 90.2 Å². The number of rotatable bonds is 3. The van der Waals surface area contributed by atoms with Gasteiger partial charge in [-0.1, -0.05) is 13.3 Å². The lowest BCUT2D eigenvalue weighted by Crippen LogP contribution is -1.96. The molecule has 0 aliphatic carbocycles. The Hall–Kier alpha value is -1.38. The highest BCUT2D eigenvalue weighted by atomic mass is 15.0. The van der Waals surface area contributed by atoms with E-state index in [1.165, 1.54) is 18.4 Å². The Balaban J connectivity index is 2.49. The first kappa shape index (κ1) is 10.1. The third-order valence-corrected chi connectivity index (χ3v) is 2.66. The molecule has 0 spiro atoms. The third-order valence-electron chi connectivity index (χ3n) is 2.66. The van der Waals surface area contributed by atoms with Crippen molar-refractivity contribution >= 4 is 11.0 Å². The first-order chi connectivity index (χ1) is 7.22. The lowest BCUT2D eigenvalue weighted by molar-refractivity contribution is 0.645. The maximum absolute atomic E-state index is 4.42. The summed E-state index contributed by atoms with van der Waals surface area (Å²) < 4.78 is 2.22. The fourth-order valence-corrected chi connectivity index (χ4v) is 1.88. The molecule has 0 saturated carbocycles. The Kier molecular flexibility index (Phi) is 2.71. The number of fused-ring (bicyclic) bond motifs is 1. The molecule has 2 rings (SSSR count). The largest absolute Gasteiger partial charge is 0.330 e. The van der Waals surface area contributed by atoms with Crippen LogP contribution in [0.1, 0.15) is 31.2 Å². The van der Waals surface area contributed by atoms with Crippen molar-refractivity contribution in [2.24, 2.45) is 0 Å². The van der Waals surface area contributed by atoms with E-state index in [0.29, 0.717) is 0 Å². The Morgan fingerprint density at radius 3 is 2.87 bits per heavy atom. The Morgan fingerprint density at radius 1 is 1.33 bits per heavy atom. The molecule has 15 heavy (non-hydrogen) atoms. The Bertz CT molecular complexity index is 471. The summed E-state index contributed by atoms with van der Waals surface area (Å²) in [6.45, 7) is 7.31. The van der Waals surface area contributed by atoms with E-state index in [0.717, 1.165) is 23.4 Å². The molecule has 0 N–H and O–H groups in total. The topological polar surface area (TPSA) is 30.7 Å². The fraction of sp³-hybridized carbons (Fsp3) is 0.500. The van der Waals surface area contributed by atoms with E-state index >= 15 is 0 Å². The molecule has 0 atom stereocenters. The lowest BCUT2D eigenvalue weighted by Gasteiger charge is -2.03. The SMILES string of the molecule is CCCCn1cnc2c(C)nc(C)cc21. The highest BCUT2D eigenvalue weighted by Crippen LogP contribution is 2.17. The van der Waals surface area contributed by atoms with Gasteiger partial charge in [0.15, 0.2) is 0 Å². The van der Waals surface area contributed by atoms with Gasteiger partial charge in [-0.05, 0) is 26.3 Å². The molecule has 0 fully saturated rings. The second kappa shape index (κ2) is 4.01. The summed E-state index contributed by atoms with van der Waals surface area (Å²) >= 11 is 0. The average Bonchev–Trinajstić information content (AvgIpc) is 2.58. The van der Waals surface area contributed by atoms with E-state index in [9.17, 15) is 0 Å². The number of aryl methyl sites for hydroxylation is 3. The standard InChI is InChI=1S/C12H17N3/c1-4-5-6-15-8-13-12-10(3)14-9(2)7-11(12)15/h7-8H,4-6H2,1-3H3. The number of hydrogen-bond acceptors (Lipinski definition) is 2. The van der Waals surface area contributed by atoms with Crippen molar-refractivity contribution in [3.05, 3.63) is 23.8 Å². The molecule has 80 valence electrons. The minimum Gasteiger partial charge on any atom is -0.330 e. The van der Waals surface area contributed by atoms with Crippen LogP contribution < -0.4 is 0 Å². The van der Waals surface area contributed by atoms with Gasteiger partial charge in [0.2, 0.25) is 0 Å². The summed E-state index contributed by atoms with van der Waals surface area (Å²) in [6, 6.07) is 2.12. The van der Waals surface area contributed by atoms with Gasteiger partial charge in [0.25, 0.3) is 0 Å². The minimum absolute atomic E-state index is 1.03. The Morgan fingerprint density at radius 2 is 2.13 bits per heavy atom. The maximum Gasteiger partial charge on any atom is 0.110 e. The summed E-state index contributed by atoms with van der Waals surface area (Å²) in [6.07, 6.45) is 4.34. The predicted octanol–water partition coefficient (Wildman–Crippen LogP) is 2.85. The number of aromatic nitrogens is 3. The van der Waals surface area contributed by atoms with Crippen LogP contribution in [-0.4, -0.2) is 14.5 Å². The van der Waals surface area contributed by atoms with Gasteiger partial charge in [-0.3, -0.25) is 4.98 Å². The molecule has 3 heteroatoms. The first-order valence-electron chi connectivity index (χ1n) is 5.51. The van der Waals surface area contributed by atoms with E-state index in [4.69, 9.17) is 0 Å². The molecule has 0 radical (unpaired) electrons. The molecule has 0 aliphatic rings. The van der Waals surface area contributed by atoms with Gasteiger partial charge in [0.1, 0.15) is 5.52 Å². The number of nitrogens with zero attached hydrogens (tertiary/aromatic N) is 3. The normalized spacial score (nSPS) is 11.1. The van der Waals surface area contributed by atoms with Crippen LogP contribution in [0.4, 0.5) is 0 Å². The van der Waals surface area contributed by atoms with E-state index in [1.54, 1.807) is 0 Å². The molecule has 0 bridgehead atoms. The molecule has 0 aromatic carbocycles. The van der Waals surface area contributed by atoms with Crippen molar-refractivity contribution in [3.63, 3.8) is 0 Å². The molecule has 2 aromatic heterocycles. The zero-order valence-electron chi connectivity index (χ0n) is 9.62.